The van der Waals surface area contributed by atoms with Crippen LogP contribution in [0.1, 0.15) is 18.1 Å². The molecule has 0 bridgehead atoms. The molecule has 3 rings (SSSR count). The molecule has 1 atom stereocenters. The number of amides is 1. The highest BCUT2D eigenvalue weighted by Gasteiger charge is 2.23. The van der Waals surface area contributed by atoms with Crippen molar-refractivity contribution in [1.29, 1.82) is 0 Å². The number of carbonyl (C=O) groups excluding carboxylic acids is 1. The van der Waals surface area contributed by atoms with Crippen molar-refractivity contribution in [3.63, 3.8) is 0 Å². The molecule has 0 aromatic heterocycles. The number of ether oxygens (including phenoxy) is 1. The summed E-state index contributed by atoms with van der Waals surface area (Å²) >= 11 is 0. The minimum atomic E-state index is -1.01. The summed E-state index contributed by atoms with van der Waals surface area (Å²) in [6.45, 7) is 5.45. The first-order chi connectivity index (χ1) is 13.6. The average molecular weight is 389 g/mol. The van der Waals surface area contributed by atoms with Gasteiger partial charge in [0.15, 0.2) is 11.6 Å². The second kappa shape index (κ2) is 10.1. The number of hydrogen-bond acceptors (Lipinski definition) is 4. The van der Waals surface area contributed by atoms with E-state index in [2.05, 4.69) is 15.5 Å². The highest BCUT2D eigenvalue weighted by Crippen LogP contribution is 2.24. The molecule has 28 heavy (non-hydrogen) atoms. The lowest BCUT2D eigenvalue weighted by atomic mass is 10.1. The molecule has 0 aliphatic carbocycles. The van der Waals surface area contributed by atoms with Crippen molar-refractivity contribution in [2.75, 3.05) is 39.3 Å². The van der Waals surface area contributed by atoms with Gasteiger partial charge >= 0.3 is 0 Å². The smallest absolute Gasteiger partial charge is 0.265 e. The average Bonchev–Trinajstić information content (AvgIpc) is 2.73. The quantitative estimate of drug-likeness (QED) is 0.682. The number of rotatable bonds is 8. The minimum Gasteiger partial charge on any atom is -0.476 e. The van der Waals surface area contributed by atoms with E-state index in [1.807, 2.05) is 6.07 Å². The van der Waals surface area contributed by atoms with Crippen LogP contribution in [0.5, 0.6) is 5.75 Å². The van der Waals surface area contributed by atoms with Gasteiger partial charge in [-0.05, 0) is 25.1 Å². The van der Waals surface area contributed by atoms with E-state index in [1.165, 1.54) is 6.07 Å². The molecule has 7 heteroatoms. The minimum absolute atomic E-state index is 0.101. The Morgan fingerprint density at radius 1 is 1.11 bits per heavy atom. The van der Waals surface area contributed by atoms with Crippen LogP contribution in [0.3, 0.4) is 0 Å². The fourth-order valence-corrected chi connectivity index (χ4v) is 3.13. The molecular weight excluding hydrogens is 364 g/mol. The fourth-order valence-electron chi connectivity index (χ4n) is 3.13. The van der Waals surface area contributed by atoms with Crippen LogP contribution in [-0.4, -0.2) is 50.1 Å². The number of nitrogens with one attached hydrogen (secondary N) is 2. The van der Waals surface area contributed by atoms with Gasteiger partial charge < -0.3 is 20.3 Å². The van der Waals surface area contributed by atoms with E-state index in [-0.39, 0.29) is 11.7 Å². The molecule has 5 nitrogen and oxygen atoms in total. The number of hydrogen-bond donors (Lipinski definition) is 2. The van der Waals surface area contributed by atoms with Gasteiger partial charge in [-0.15, -0.1) is 0 Å². The normalized spacial score (nSPS) is 15.8. The van der Waals surface area contributed by atoms with Gasteiger partial charge in [0.2, 0.25) is 6.10 Å². The Hall–Kier alpha value is -2.51. The van der Waals surface area contributed by atoms with Crippen molar-refractivity contribution in [2.45, 2.75) is 12.5 Å². The number of nitrogens with zero attached hydrogens (tertiary/aromatic N) is 1. The predicted molar refractivity (Wildman–Crippen MR) is 103 cm³/mol. The zero-order valence-corrected chi connectivity index (χ0v) is 15.7. The van der Waals surface area contributed by atoms with Gasteiger partial charge in [0.25, 0.3) is 5.91 Å². The zero-order chi connectivity index (χ0) is 19.8. The third kappa shape index (κ3) is 5.74. The second-order valence-electron chi connectivity index (χ2n) is 6.72. The zero-order valence-electron chi connectivity index (χ0n) is 15.7. The first-order valence-corrected chi connectivity index (χ1v) is 9.51. The maximum Gasteiger partial charge on any atom is 0.265 e. The molecule has 1 heterocycles. The standard InChI is InChI=1S/C21H25F2N3O2/c22-18-8-7-17(15-19(18)23)28-20(16-5-2-1-3-6-16)21(27)25-9-4-12-26-13-10-24-11-14-26/h1-3,5-8,15,20,24H,4,9-14H2,(H,25,27). The summed E-state index contributed by atoms with van der Waals surface area (Å²) in [6, 6.07) is 12.2. The van der Waals surface area contributed by atoms with Crippen LogP contribution in [0, 0.1) is 11.6 Å². The van der Waals surface area contributed by atoms with E-state index in [0.717, 1.165) is 51.3 Å². The number of carbonyl (C=O) groups is 1. The predicted octanol–water partition coefficient (Wildman–Crippen LogP) is 2.50. The summed E-state index contributed by atoms with van der Waals surface area (Å²) < 4.78 is 32.4. The number of piperazine rings is 1. The van der Waals surface area contributed by atoms with Gasteiger partial charge in [-0.3, -0.25) is 4.79 Å². The van der Waals surface area contributed by atoms with Gasteiger partial charge in [0, 0.05) is 44.4 Å². The van der Waals surface area contributed by atoms with Crippen molar-refractivity contribution in [1.82, 2.24) is 15.5 Å². The summed E-state index contributed by atoms with van der Waals surface area (Å²) in [5.41, 5.74) is 0.645. The Balaban J connectivity index is 1.59. The van der Waals surface area contributed by atoms with Gasteiger partial charge in [0.1, 0.15) is 5.75 Å². The molecule has 1 fully saturated rings. The Labute approximate surface area is 163 Å². The van der Waals surface area contributed by atoms with E-state index in [4.69, 9.17) is 4.74 Å². The SMILES string of the molecule is O=C(NCCCN1CCNCC1)C(Oc1ccc(F)c(F)c1)c1ccccc1. The third-order valence-corrected chi connectivity index (χ3v) is 4.65. The summed E-state index contributed by atoms with van der Waals surface area (Å²) in [7, 11) is 0. The van der Waals surface area contributed by atoms with E-state index in [1.54, 1.807) is 24.3 Å². The van der Waals surface area contributed by atoms with Gasteiger partial charge in [-0.25, -0.2) is 8.78 Å². The molecule has 2 aromatic rings. The molecule has 1 amide bonds. The van der Waals surface area contributed by atoms with E-state index < -0.39 is 17.7 Å². The van der Waals surface area contributed by atoms with Crippen molar-refractivity contribution in [3.8, 4) is 5.75 Å². The molecule has 1 aliphatic heterocycles. The maximum absolute atomic E-state index is 13.5. The lowest BCUT2D eigenvalue weighted by Crippen LogP contribution is -2.44. The fraction of sp³-hybridized carbons (Fsp3) is 0.381. The highest BCUT2D eigenvalue weighted by atomic mass is 19.2. The summed E-state index contributed by atoms with van der Waals surface area (Å²) in [6.07, 6.45) is -0.108. The highest BCUT2D eigenvalue weighted by molar-refractivity contribution is 5.82. The second-order valence-corrected chi connectivity index (χ2v) is 6.72. The monoisotopic (exact) mass is 389 g/mol. The molecule has 150 valence electrons. The van der Waals surface area contributed by atoms with Crippen LogP contribution in [0.4, 0.5) is 8.78 Å². The Morgan fingerprint density at radius 2 is 1.86 bits per heavy atom. The summed E-state index contributed by atoms with van der Waals surface area (Å²) in [5, 5.41) is 6.20. The molecule has 1 unspecified atom stereocenters. The van der Waals surface area contributed by atoms with Crippen LogP contribution in [0.15, 0.2) is 48.5 Å². The molecular formula is C21H25F2N3O2. The largest absolute Gasteiger partial charge is 0.476 e. The topological polar surface area (TPSA) is 53.6 Å². The molecule has 2 aromatic carbocycles. The van der Waals surface area contributed by atoms with Gasteiger partial charge in [-0.2, -0.15) is 0 Å². The van der Waals surface area contributed by atoms with Gasteiger partial charge in [-0.1, -0.05) is 30.3 Å². The third-order valence-electron chi connectivity index (χ3n) is 4.65. The van der Waals surface area contributed by atoms with Crippen LogP contribution in [0.25, 0.3) is 0 Å². The lowest BCUT2D eigenvalue weighted by Gasteiger charge is -2.27. The number of benzene rings is 2. The van der Waals surface area contributed by atoms with Crippen LogP contribution >= 0.6 is 0 Å². The van der Waals surface area contributed by atoms with E-state index >= 15 is 0 Å². The molecule has 0 radical (unpaired) electrons. The molecule has 0 saturated carbocycles. The van der Waals surface area contributed by atoms with Crippen molar-refractivity contribution in [2.24, 2.45) is 0 Å². The Morgan fingerprint density at radius 3 is 2.57 bits per heavy atom. The van der Waals surface area contributed by atoms with Crippen molar-refractivity contribution < 1.29 is 18.3 Å². The van der Waals surface area contributed by atoms with Crippen LogP contribution in [0.2, 0.25) is 0 Å². The van der Waals surface area contributed by atoms with Gasteiger partial charge in [0.05, 0.1) is 0 Å². The Kier molecular flexibility index (Phi) is 7.33. The number of halogens is 2. The first kappa shape index (κ1) is 20.2. The van der Waals surface area contributed by atoms with E-state index in [9.17, 15) is 13.6 Å². The summed E-state index contributed by atoms with van der Waals surface area (Å²) in [4.78, 5) is 15.1. The molecule has 1 saturated heterocycles. The summed E-state index contributed by atoms with van der Waals surface area (Å²) in [5.74, 6) is -2.18. The molecule has 1 aliphatic rings. The first-order valence-electron chi connectivity index (χ1n) is 9.51. The van der Waals surface area contributed by atoms with Crippen LogP contribution < -0.4 is 15.4 Å². The van der Waals surface area contributed by atoms with E-state index in [0.29, 0.717) is 12.1 Å². The van der Waals surface area contributed by atoms with Crippen molar-refractivity contribution >= 4 is 5.91 Å². The Bertz CT molecular complexity index is 768. The molecule has 0 spiro atoms. The van der Waals surface area contributed by atoms with Crippen molar-refractivity contribution in [3.05, 3.63) is 65.7 Å². The molecule has 2 N–H and O–H groups in total. The lowest BCUT2D eigenvalue weighted by molar-refractivity contribution is -0.128. The van der Waals surface area contributed by atoms with Crippen LogP contribution in [-0.2, 0) is 4.79 Å². The maximum atomic E-state index is 13.5.